The van der Waals surface area contributed by atoms with Crippen molar-refractivity contribution in [3.63, 3.8) is 0 Å². The molecule has 1 saturated heterocycles. The molecule has 0 N–H and O–H groups in total. The molecule has 0 unspecified atom stereocenters. The monoisotopic (exact) mass is 554 g/mol. The Hall–Kier alpha value is -1.70. The minimum atomic E-state index is -2.26. The van der Waals surface area contributed by atoms with Crippen molar-refractivity contribution in [2.45, 2.75) is 108 Å². The zero-order valence-electron chi connectivity index (χ0n) is 24.1. The predicted octanol–water partition coefficient (Wildman–Crippen LogP) is 7.85. The van der Waals surface area contributed by atoms with Gasteiger partial charge in [-0.3, -0.25) is 0 Å². The van der Waals surface area contributed by atoms with Gasteiger partial charge in [0.1, 0.15) is 12.2 Å². The maximum absolute atomic E-state index is 13.4. The molecule has 1 aliphatic heterocycles. The van der Waals surface area contributed by atoms with Gasteiger partial charge in [-0.05, 0) is 64.7 Å². The Morgan fingerprint density at radius 1 is 1.05 bits per heavy atom. The van der Waals surface area contributed by atoms with Crippen LogP contribution in [0.15, 0.2) is 41.3 Å². The summed E-state index contributed by atoms with van der Waals surface area (Å²) in [7, 11) is -4.41. The number of ether oxygens (including phenoxy) is 1. The number of carbonyl (C=O) groups is 1. The van der Waals surface area contributed by atoms with Gasteiger partial charge in [-0.2, -0.15) is 0 Å². The van der Waals surface area contributed by atoms with Gasteiger partial charge in [-0.1, -0.05) is 71.6 Å². The fourth-order valence-electron chi connectivity index (χ4n) is 4.35. The van der Waals surface area contributed by atoms with E-state index >= 15 is 0 Å². The lowest BCUT2D eigenvalue weighted by molar-refractivity contribution is -0.151. The second-order valence-corrected chi connectivity index (χ2v) is 23.9. The highest BCUT2D eigenvalue weighted by atomic mass is 32.1. The third-order valence-electron chi connectivity index (χ3n) is 8.69. The summed E-state index contributed by atoms with van der Waals surface area (Å²) < 4.78 is 20.9. The van der Waals surface area contributed by atoms with Crippen molar-refractivity contribution in [3.8, 4) is 11.8 Å². The molecule has 0 spiro atoms. The van der Waals surface area contributed by atoms with E-state index in [9.17, 15) is 4.79 Å². The quantitative estimate of drug-likeness (QED) is 0.214. The Morgan fingerprint density at radius 2 is 1.70 bits per heavy atom. The van der Waals surface area contributed by atoms with Crippen LogP contribution in [-0.2, 0) is 24.8 Å². The summed E-state index contributed by atoms with van der Waals surface area (Å²) in [5, 5.41) is 3.44. The highest BCUT2D eigenvalue weighted by molar-refractivity contribution is 7.17. The molecule has 0 saturated carbocycles. The topological polar surface area (TPSA) is 44.8 Å². The van der Waals surface area contributed by atoms with Crippen LogP contribution in [0.5, 0.6) is 0 Å². The standard InChI is InChI=1S/C30H42O4SSi2/c1-28(2,3)36(7,8)33-26-21(14-13-15-22-20-35-25-17-12-11-16-23(22)25)18-30(19-24(26)32-27(30)31)34-37(9,10)29(4,5)6/h11-12,16-18,20,24,26H,15,19H2,1-10H3/t24-,26-,30+/m1/s1. The third-order valence-corrected chi connectivity index (χ3v) is 18.6. The van der Waals surface area contributed by atoms with Crippen LogP contribution in [0.3, 0.4) is 0 Å². The van der Waals surface area contributed by atoms with Crippen LogP contribution in [0.25, 0.3) is 10.1 Å². The smallest absolute Gasteiger partial charge is 0.342 e. The summed E-state index contributed by atoms with van der Waals surface area (Å²) in [5.74, 6) is 6.55. The van der Waals surface area contributed by atoms with E-state index in [1.807, 2.05) is 6.08 Å². The molecule has 2 aromatic rings. The maximum atomic E-state index is 13.4. The van der Waals surface area contributed by atoms with Crippen LogP contribution in [0, 0.1) is 11.8 Å². The number of rotatable bonds is 5. The van der Waals surface area contributed by atoms with E-state index in [1.54, 1.807) is 11.3 Å². The van der Waals surface area contributed by atoms with Crippen LogP contribution in [-0.4, -0.2) is 40.4 Å². The number of hydrogen-bond donors (Lipinski definition) is 0. The molecule has 1 aliphatic carbocycles. The third kappa shape index (κ3) is 5.42. The Balaban J connectivity index is 1.73. The number of esters is 1. The second kappa shape index (κ2) is 9.49. The second-order valence-electron chi connectivity index (χ2n) is 13.5. The molecule has 7 heteroatoms. The van der Waals surface area contributed by atoms with E-state index in [0.717, 1.165) is 5.57 Å². The summed E-state index contributed by atoms with van der Waals surface area (Å²) in [6.45, 7) is 22.1. The number of benzene rings is 1. The van der Waals surface area contributed by atoms with Crippen LogP contribution in [0.2, 0.25) is 36.3 Å². The van der Waals surface area contributed by atoms with Gasteiger partial charge in [0.15, 0.2) is 22.2 Å². The average molecular weight is 555 g/mol. The molecule has 0 amide bonds. The van der Waals surface area contributed by atoms with Crippen molar-refractivity contribution >= 4 is 44.0 Å². The van der Waals surface area contributed by atoms with Crippen molar-refractivity contribution in [3.05, 3.63) is 46.9 Å². The molecule has 2 heterocycles. The Bertz CT molecular complexity index is 1280. The molecule has 3 atom stereocenters. The fourth-order valence-corrected chi connectivity index (χ4v) is 8.03. The molecular weight excluding hydrogens is 513 g/mol. The summed E-state index contributed by atoms with van der Waals surface area (Å²) in [6, 6.07) is 8.44. The van der Waals surface area contributed by atoms with Gasteiger partial charge in [0.2, 0.25) is 0 Å². The van der Waals surface area contributed by atoms with E-state index in [4.69, 9.17) is 13.6 Å². The van der Waals surface area contributed by atoms with Crippen molar-refractivity contribution in [1.82, 2.24) is 0 Å². The van der Waals surface area contributed by atoms with Crippen LogP contribution in [0.1, 0.15) is 53.5 Å². The molecule has 200 valence electrons. The zero-order valence-corrected chi connectivity index (χ0v) is 26.9. The molecule has 1 aromatic heterocycles. The summed E-state index contributed by atoms with van der Waals surface area (Å²) in [4.78, 5) is 13.4. The molecule has 37 heavy (non-hydrogen) atoms. The van der Waals surface area contributed by atoms with Gasteiger partial charge in [0.25, 0.3) is 0 Å². The summed E-state index contributed by atoms with van der Waals surface area (Å²) in [6.07, 6.45) is 2.33. The van der Waals surface area contributed by atoms with Crippen molar-refractivity contribution < 1.29 is 18.4 Å². The fraction of sp³-hybridized carbons (Fsp3) is 0.567. The highest BCUT2D eigenvalue weighted by Crippen LogP contribution is 2.48. The first-order valence-corrected chi connectivity index (χ1v) is 19.9. The van der Waals surface area contributed by atoms with E-state index < -0.39 is 22.2 Å². The van der Waals surface area contributed by atoms with E-state index in [-0.39, 0.29) is 28.3 Å². The largest absolute Gasteiger partial charge is 0.457 e. The van der Waals surface area contributed by atoms with Gasteiger partial charge < -0.3 is 13.6 Å². The average Bonchev–Trinajstić information content (AvgIpc) is 3.28. The van der Waals surface area contributed by atoms with Gasteiger partial charge in [-0.25, -0.2) is 4.79 Å². The van der Waals surface area contributed by atoms with Gasteiger partial charge in [0.05, 0.1) is 0 Å². The van der Waals surface area contributed by atoms with Crippen molar-refractivity contribution in [2.24, 2.45) is 0 Å². The van der Waals surface area contributed by atoms with E-state index in [2.05, 4.69) is 109 Å². The van der Waals surface area contributed by atoms with Gasteiger partial charge in [-0.15, -0.1) is 11.3 Å². The molecule has 0 radical (unpaired) electrons. The molecule has 1 aromatic carbocycles. The Labute approximate surface area is 229 Å². The summed E-state index contributed by atoms with van der Waals surface area (Å²) >= 11 is 1.75. The Kier molecular flexibility index (Phi) is 7.27. The number of thiophene rings is 1. The molecule has 4 nitrogen and oxygen atoms in total. The zero-order chi connectivity index (χ0) is 27.4. The number of carbonyl (C=O) groups excluding carboxylic acids is 1. The molecule has 2 bridgehead atoms. The lowest BCUT2D eigenvalue weighted by atomic mass is 9.85. The van der Waals surface area contributed by atoms with E-state index in [0.29, 0.717) is 12.8 Å². The lowest BCUT2D eigenvalue weighted by Crippen LogP contribution is -2.53. The van der Waals surface area contributed by atoms with Crippen LogP contribution >= 0.6 is 11.3 Å². The first-order chi connectivity index (χ1) is 17.0. The summed E-state index contributed by atoms with van der Waals surface area (Å²) in [5.41, 5.74) is 0.971. The molecule has 1 fully saturated rings. The van der Waals surface area contributed by atoms with E-state index in [1.165, 1.54) is 15.6 Å². The number of fused-ring (bicyclic) bond motifs is 3. The predicted molar refractivity (Wildman–Crippen MR) is 159 cm³/mol. The van der Waals surface area contributed by atoms with Crippen LogP contribution in [0.4, 0.5) is 0 Å². The van der Waals surface area contributed by atoms with Crippen molar-refractivity contribution in [2.75, 3.05) is 0 Å². The molecular formula is C30H42O4SSi2. The number of hydrogen-bond acceptors (Lipinski definition) is 5. The van der Waals surface area contributed by atoms with Crippen molar-refractivity contribution in [1.29, 1.82) is 0 Å². The molecule has 4 rings (SSSR count). The van der Waals surface area contributed by atoms with Gasteiger partial charge in [0, 0.05) is 23.1 Å². The minimum absolute atomic E-state index is 0.0237. The Morgan fingerprint density at radius 3 is 2.35 bits per heavy atom. The minimum Gasteiger partial charge on any atom is -0.457 e. The first-order valence-electron chi connectivity index (χ1n) is 13.2. The first kappa shape index (κ1) is 28.3. The molecule has 2 aliphatic rings. The SMILES string of the molecule is CC(C)(C)[Si](C)(C)O[C@@H]1C(C#CCc2csc3ccccc23)=C[C@]2(O[Si](C)(C)C(C)(C)C)C[C@H]1OC2=O. The van der Waals surface area contributed by atoms with Crippen LogP contribution < -0.4 is 0 Å². The lowest BCUT2D eigenvalue weighted by Gasteiger charge is -2.44. The van der Waals surface area contributed by atoms with Gasteiger partial charge >= 0.3 is 5.97 Å². The normalized spacial score (nSPS) is 24.5. The highest BCUT2D eigenvalue weighted by Gasteiger charge is 2.60. The maximum Gasteiger partial charge on any atom is 0.342 e.